The molecule has 0 unspecified atom stereocenters. The Labute approximate surface area is 103 Å². The molecule has 0 fully saturated rings. The maximum atomic E-state index is 11.0. The Balaban J connectivity index is 2.65. The molecule has 4 heteroatoms. The fourth-order valence-corrected chi connectivity index (χ4v) is 1.73. The molecule has 0 atom stereocenters. The SMILES string of the molecule is O=C([O-])/C=C\c1cc2ccccc2cc1C(=O)[O-]. The smallest absolute Gasteiger partial charge is 0.0721 e. The van der Waals surface area contributed by atoms with Gasteiger partial charge in [-0.25, -0.2) is 0 Å². The van der Waals surface area contributed by atoms with Crippen LogP contribution in [0.5, 0.6) is 0 Å². The molecule has 0 bridgehead atoms. The molecule has 90 valence electrons. The minimum absolute atomic E-state index is 0.0498. The highest BCUT2D eigenvalue weighted by Crippen LogP contribution is 2.20. The minimum Gasteiger partial charge on any atom is -0.545 e. The van der Waals surface area contributed by atoms with Crippen LogP contribution in [-0.2, 0) is 4.79 Å². The zero-order chi connectivity index (χ0) is 13.1. The Morgan fingerprint density at radius 3 is 2.17 bits per heavy atom. The predicted octanol–water partition coefficient (Wildman–Crippen LogP) is -0.0336. The van der Waals surface area contributed by atoms with Crippen LogP contribution in [0, 0.1) is 0 Å². The van der Waals surface area contributed by atoms with Gasteiger partial charge < -0.3 is 19.8 Å². The summed E-state index contributed by atoms with van der Waals surface area (Å²) in [6, 6.07) is 10.2. The summed E-state index contributed by atoms with van der Waals surface area (Å²) in [4.78, 5) is 21.4. The molecule has 0 N–H and O–H groups in total. The third-order valence-electron chi connectivity index (χ3n) is 2.54. The summed E-state index contributed by atoms with van der Waals surface area (Å²) in [7, 11) is 0. The number of benzene rings is 2. The molecule has 2 rings (SSSR count). The molecule has 0 aliphatic heterocycles. The van der Waals surface area contributed by atoms with Gasteiger partial charge in [0.05, 0.1) is 11.9 Å². The molecule has 2 aromatic rings. The number of hydrogen-bond acceptors (Lipinski definition) is 4. The molecule has 0 aliphatic rings. The second-order valence-corrected chi connectivity index (χ2v) is 3.73. The molecule has 4 nitrogen and oxygen atoms in total. The van der Waals surface area contributed by atoms with Crippen molar-refractivity contribution in [3.63, 3.8) is 0 Å². The van der Waals surface area contributed by atoms with Gasteiger partial charge in [-0.05, 0) is 34.5 Å². The van der Waals surface area contributed by atoms with Crippen molar-refractivity contribution in [1.29, 1.82) is 0 Å². The van der Waals surface area contributed by atoms with Gasteiger partial charge in [-0.2, -0.15) is 0 Å². The number of aliphatic carboxylic acids is 1. The van der Waals surface area contributed by atoms with Gasteiger partial charge in [0, 0.05) is 5.56 Å². The van der Waals surface area contributed by atoms with E-state index in [1.807, 2.05) is 12.1 Å². The number of rotatable bonds is 3. The lowest BCUT2D eigenvalue weighted by molar-refractivity contribution is -0.297. The lowest BCUT2D eigenvalue weighted by Gasteiger charge is -2.09. The molecule has 0 saturated carbocycles. The van der Waals surface area contributed by atoms with Gasteiger partial charge in [-0.1, -0.05) is 30.3 Å². The molecule has 18 heavy (non-hydrogen) atoms. The third kappa shape index (κ3) is 2.38. The summed E-state index contributed by atoms with van der Waals surface area (Å²) in [6.07, 6.45) is 1.98. The van der Waals surface area contributed by atoms with Crippen molar-refractivity contribution in [3.8, 4) is 0 Å². The van der Waals surface area contributed by atoms with Gasteiger partial charge >= 0.3 is 0 Å². The molecule has 0 saturated heterocycles. The van der Waals surface area contributed by atoms with Gasteiger partial charge in [0.2, 0.25) is 0 Å². The van der Waals surface area contributed by atoms with Gasteiger partial charge in [0.25, 0.3) is 0 Å². The molecule has 0 radical (unpaired) electrons. The summed E-state index contributed by atoms with van der Waals surface area (Å²) in [5.41, 5.74) is 0.226. The van der Waals surface area contributed by atoms with Crippen LogP contribution >= 0.6 is 0 Å². The van der Waals surface area contributed by atoms with E-state index in [0.717, 1.165) is 16.8 Å². The lowest BCUT2D eigenvalue weighted by atomic mass is 10.0. The lowest BCUT2D eigenvalue weighted by Crippen LogP contribution is -2.23. The van der Waals surface area contributed by atoms with E-state index < -0.39 is 11.9 Å². The number of carbonyl (C=O) groups excluding carboxylic acids is 2. The highest BCUT2D eigenvalue weighted by atomic mass is 16.4. The zero-order valence-corrected chi connectivity index (χ0v) is 9.25. The minimum atomic E-state index is -1.38. The fourth-order valence-electron chi connectivity index (χ4n) is 1.73. The Morgan fingerprint density at radius 1 is 1.00 bits per heavy atom. The van der Waals surface area contributed by atoms with E-state index in [2.05, 4.69) is 0 Å². The van der Waals surface area contributed by atoms with E-state index in [1.165, 1.54) is 12.1 Å². The van der Waals surface area contributed by atoms with Crippen LogP contribution < -0.4 is 10.2 Å². The normalized spacial score (nSPS) is 10.9. The molecule has 0 aromatic heterocycles. The Morgan fingerprint density at radius 2 is 1.61 bits per heavy atom. The van der Waals surface area contributed by atoms with Crippen LogP contribution in [0.25, 0.3) is 16.8 Å². The van der Waals surface area contributed by atoms with Crippen molar-refractivity contribution >= 4 is 28.8 Å². The van der Waals surface area contributed by atoms with E-state index in [4.69, 9.17) is 0 Å². The van der Waals surface area contributed by atoms with Crippen molar-refractivity contribution in [2.45, 2.75) is 0 Å². The third-order valence-corrected chi connectivity index (χ3v) is 2.54. The van der Waals surface area contributed by atoms with Gasteiger partial charge in [-0.3, -0.25) is 0 Å². The number of carbonyl (C=O) groups is 2. The van der Waals surface area contributed by atoms with E-state index in [-0.39, 0.29) is 11.1 Å². The first kappa shape index (κ1) is 11.9. The van der Waals surface area contributed by atoms with Crippen molar-refractivity contribution in [3.05, 3.63) is 53.6 Å². The molecule has 0 amide bonds. The summed E-state index contributed by atoms with van der Waals surface area (Å²) in [5, 5.41) is 22.9. The van der Waals surface area contributed by atoms with Gasteiger partial charge in [0.1, 0.15) is 0 Å². The van der Waals surface area contributed by atoms with E-state index in [9.17, 15) is 19.8 Å². The van der Waals surface area contributed by atoms with E-state index in [0.29, 0.717) is 0 Å². The second-order valence-electron chi connectivity index (χ2n) is 3.73. The van der Waals surface area contributed by atoms with Crippen LogP contribution in [0.1, 0.15) is 15.9 Å². The van der Waals surface area contributed by atoms with Crippen molar-refractivity contribution in [2.24, 2.45) is 0 Å². The maximum Gasteiger partial charge on any atom is 0.0721 e. The average Bonchev–Trinajstić information content (AvgIpc) is 2.35. The average molecular weight is 240 g/mol. The highest BCUT2D eigenvalue weighted by Gasteiger charge is 2.03. The van der Waals surface area contributed by atoms with Crippen LogP contribution in [0.3, 0.4) is 0 Å². The van der Waals surface area contributed by atoms with Crippen LogP contribution in [-0.4, -0.2) is 11.9 Å². The van der Waals surface area contributed by atoms with Crippen LogP contribution in [0.4, 0.5) is 0 Å². The topological polar surface area (TPSA) is 80.3 Å². The van der Waals surface area contributed by atoms with Crippen molar-refractivity contribution in [2.75, 3.05) is 0 Å². The van der Waals surface area contributed by atoms with E-state index >= 15 is 0 Å². The van der Waals surface area contributed by atoms with Crippen LogP contribution in [0.2, 0.25) is 0 Å². The fraction of sp³-hybridized carbons (Fsp3) is 0. The first-order valence-electron chi connectivity index (χ1n) is 5.21. The molecular formula is C14H8O4-2. The van der Waals surface area contributed by atoms with Gasteiger partial charge in [0.15, 0.2) is 0 Å². The molecule has 0 aliphatic carbocycles. The first-order valence-corrected chi connectivity index (χ1v) is 5.21. The number of hydrogen-bond donors (Lipinski definition) is 0. The maximum absolute atomic E-state index is 11.0. The predicted molar refractivity (Wildman–Crippen MR) is 62.3 cm³/mol. The summed E-state index contributed by atoms with van der Waals surface area (Å²) in [5.74, 6) is -2.73. The molecule has 0 spiro atoms. The zero-order valence-electron chi connectivity index (χ0n) is 9.25. The first-order chi connectivity index (χ1) is 8.58. The number of carboxylic acids is 2. The van der Waals surface area contributed by atoms with Crippen molar-refractivity contribution < 1.29 is 19.8 Å². The summed E-state index contributed by atoms with van der Waals surface area (Å²) < 4.78 is 0. The Hall–Kier alpha value is -2.62. The van der Waals surface area contributed by atoms with Gasteiger partial charge in [-0.15, -0.1) is 0 Å². The second kappa shape index (κ2) is 4.71. The van der Waals surface area contributed by atoms with E-state index in [1.54, 1.807) is 18.2 Å². The van der Waals surface area contributed by atoms with Crippen LogP contribution in [0.15, 0.2) is 42.5 Å². The quantitative estimate of drug-likeness (QED) is 0.705. The number of fused-ring (bicyclic) bond motifs is 1. The monoisotopic (exact) mass is 240 g/mol. The Kier molecular flexibility index (Phi) is 3.10. The summed E-state index contributed by atoms with van der Waals surface area (Å²) >= 11 is 0. The largest absolute Gasteiger partial charge is 0.545 e. The molecular weight excluding hydrogens is 232 g/mol. The van der Waals surface area contributed by atoms with Crippen molar-refractivity contribution in [1.82, 2.24) is 0 Å². The number of aromatic carboxylic acids is 1. The summed E-state index contributed by atoms with van der Waals surface area (Å²) in [6.45, 7) is 0. The highest BCUT2D eigenvalue weighted by molar-refractivity contribution is 5.99. The molecule has 2 aromatic carbocycles. The Bertz CT molecular complexity index is 656. The number of carboxylic acid groups (broad SMARTS) is 2. The molecule has 0 heterocycles. The standard InChI is InChI=1S/C14H10O4/c15-13(16)6-5-11-7-9-3-1-2-4-10(9)8-12(11)14(17)18/h1-8H,(H,15,16)(H,17,18)/p-2/b6-5-.